The van der Waals surface area contributed by atoms with Crippen LogP contribution in [0.2, 0.25) is 0 Å². The highest BCUT2D eigenvalue weighted by Crippen LogP contribution is 2.20. The molecule has 0 saturated carbocycles. The van der Waals surface area contributed by atoms with Gasteiger partial charge in [-0.1, -0.05) is 0 Å². The van der Waals surface area contributed by atoms with Crippen molar-refractivity contribution in [3.05, 3.63) is 16.1 Å². The van der Waals surface area contributed by atoms with Crippen molar-refractivity contribution in [3.63, 3.8) is 0 Å². The average Bonchev–Trinajstić information content (AvgIpc) is 2.58. The van der Waals surface area contributed by atoms with Crippen LogP contribution in [-0.2, 0) is 0 Å². The minimum atomic E-state index is 0.198. The number of rotatable bonds is 1. The lowest BCUT2D eigenvalue weighted by Crippen LogP contribution is -2.29. The van der Waals surface area contributed by atoms with E-state index in [9.17, 15) is 0 Å². The van der Waals surface area contributed by atoms with Gasteiger partial charge in [0.2, 0.25) is 0 Å². The van der Waals surface area contributed by atoms with Gasteiger partial charge in [0.1, 0.15) is 11.0 Å². The summed E-state index contributed by atoms with van der Waals surface area (Å²) in [7, 11) is 0. The Labute approximate surface area is 74.5 Å². The summed E-state index contributed by atoms with van der Waals surface area (Å²) in [6, 6.07) is 0.198. The Kier molecular flexibility index (Phi) is 1.73. The molecule has 1 aliphatic rings. The van der Waals surface area contributed by atoms with Crippen LogP contribution in [0.5, 0.6) is 0 Å². The number of aryl methyl sites for hydroxylation is 1. The molecule has 1 aromatic rings. The number of nitrogens with zero attached hydrogens (tertiary/aromatic N) is 2. The van der Waals surface area contributed by atoms with Gasteiger partial charge >= 0.3 is 0 Å². The van der Waals surface area contributed by atoms with Crippen molar-refractivity contribution in [1.29, 1.82) is 0 Å². The van der Waals surface area contributed by atoms with Crippen molar-refractivity contribution >= 4 is 17.3 Å². The van der Waals surface area contributed by atoms with Crippen LogP contribution in [0.1, 0.15) is 16.7 Å². The van der Waals surface area contributed by atoms with Gasteiger partial charge in [-0.15, -0.1) is 11.3 Å². The standard InChI is InChI=1S/C7H10N4S/c1-4-3-12-6(10-4)5-2-9-7(8)11-5/h3,5H,2H2,1H3,(H3,8,9,11). The molecule has 0 bridgehead atoms. The number of hydrogen-bond donors (Lipinski definition) is 2. The van der Waals surface area contributed by atoms with E-state index in [4.69, 9.17) is 5.73 Å². The third-order valence-electron chi connectivity index (χ3n) is 1.70. The number of guanidine groups is 1. The molecule has 0 fully saturated rings. The van der Waals surface area contributed by atoms with E-state index in [1.807, 2.05) is 12.3 Å². The number of thiazole rings is 1. The van der Waals surface area contributed by atoms with Gasteiger partial charge in [-0.3, -0.25) is 4.99 Å². The first kappa shape index (κ1) is 7.54. The van der Waals surface area contributed by atoms with E-state index in [1.54, 1.807) is 11.3 Å². The third kappa shape index (κ3) is 1.27. The van der Waals surface area contributed by atoms with Gasteiger partial charge in [-0.05, 0) is 6.92 Å². The Bertz CT molecular complexity index is 317. The van der Waals surface area contributed by atoms with Crippen LogP contribution < -0.4 is 11.1 Å². The number of nitrogens with two attached hydrogens (primary N) is 1. The van der Waals surface area contributed by atoms with Crippen LogP contribution in [0, 0.1) is 6.92 Å². The van der Waals surface area contributed by atoms with E-state index < -0.39 is 0 Å². The van der Waals surface area contributed by atoms with Crippen LogP contribution in [0.15, 0.2) is 10.4 Å². The highest BCUT2D eigenvalue weighted by Gasteiger charge is 2.19. The smallest absolute Gasteiger partial charge is 0.189 e. The van der Waals surface area contributed by atoms with Gasteiger partial charge in [0.15, 0.2) is 5.96 Å². The van der Waals surface area contributed by atoms with Crippen LogP contribution >= 0.6 is 11.3 Å². The molecule has 0 spiro atoms. The maximum atomic E-state index is 5.49. The molecule has 0 aromatic carbocycles. The summed E-state index contributed by atoms with van der Waals surface area (Å²) in [5.41, 5.74) is 6.54. The number of nitrogens with one attached hydrogen (secondary N) is 1. The zero-order chi connectivity index (χ0) is 8.55. The summed E-state index contributed by atoms with van der Waals surface area (Å²) in [6.45, 7) is 2.69. The molecule has 0 saturated heterocycles. The van der Waals surface area contributed by atoms with E-state index in [0.29, 0.717) is 12.5 Å². The number of aliphatic imine (C=N–C) groups is 1. The van der Waals surface area contributed by atoms with Crippen molar-refractivity contribution in [2.45, 2.75) is 13.0 Å². The zero-order valence-electron chi connectivity index (χ0n) is 6.74. The lowest BCUT2D eigenvalue weighted by Gasteiger charge is -2.05. The largest absolute Gasteiger partial charge is 0.370 e. The Morgan fingerprint density at radius 3 is 3.08 bits per heavy atom. The maximum absolute atomic E-state index is 5.49. The summed E-state index contributed by atoms with van der Waals surface area (Å²) < 4.78 is 0. The molecule has 1 aromatic heterocycles. The minimum absolute atomic E-state index is 0.198. The third-order valence-corrected chi connectivity index (χ3v) is 2.78. The predicted molar refractivity (Wildman–Crippen MR) is 49.2 cm³/mol. The summed E-state index contributed by atoms with van der Waals surface area (Å²) in [4.78, 5) is 8.41. The van der Waals surface area contributed by atoms with Gasteiger partial charge in [-0.2, -0.15) is 0 Å². The van der Waals surface area contributed by atoms with Crippen molar-refractivity contribution in [2.24, 2.45) is 10.7 Å². The molecule has 1 aliphatic heterocycles. The average molecular weight is 182 g/mol. The van der Waals surface area contributed by atoms with Gasteiger partial charge in [-0.25, -0.2) is 4.98 Å². The fourth-order valence-electron chi connectivity index (χ4n) is 1.13. The highest BCUT2D eigenvalue weighted by molar-refractivity contribution is 7.09. The highest BCUT2D eigenvalue weighted by atomic mass is 32.1. The van der Waals surface area contributed by atoms with Crippen LogP contribution in [0.4, 0.5) is 0 Å². The molecule has 0 amide bonds. The van der Waals surface area contributed by atoms with E-state index in [1.165, 1.54) is 0 Å². The molecule has 4 nitrogen and oxygen atoms in total. The first-order valence-electron chi connectivity index (χ1n) is 3.74. The summed E-state index contributed by atoms with van der Waals surface area (Å²) in [5.74, 6) is 0.521. The molecule has 12 heavy (non-hydrogen) atoms. The molecule has 0 aliphatic carbocycles. The second-order valence-corrected chi connectivity index (χ2v) is 3.64. The Balaban J connectivity index is 2.13. The normalized spacial score (nSPS) is 22.1. The minimum Gasteiger partial charge on any atom is -0.370 e. The zero-order valence-corrected chi connectivity index (χ0v) is 7.56. The Hall–Kier alpha value is -1.10. The molecule has 1 unspecified atom stereocenters. The SMILES string of the molecule is Cc1csc(C2CN=C(N)N2)n1. The first-order valence-corrected chi connectivity index (χ1v) is 4.62. The first-order chi connectivity index (χ1) is 5.75. The molecule has 1 atom stereocenters. The fourth-order valence-corrected chi connectivity index (χ4v) is 1.97. The second kappa shape index (κ2) is 2.75. The lowest BCUT2D eigenvalue weighted by atomic mass is 10.3. The number of aromatic nitrogens is 1. The monoisotopic (exact) mass is 182 g/mol. The number of hydrogen-bond acceptors (Lipinski definition) is 5. The molecular formula is C7H10N4S. The Morgan fingerprint density at radius 2 is 2.58 bits per heavy atom. The molecule has 3 N–H and O–H groups in total. The topological polar surface area (TPSA) is 63.3 Å². The van der Waals surface area contributed by atoms with Crippen LogP contribution in [0.25, 0.3) is 0 Å². The van der Waals surface area contributed by atoms with Gasteiger partial charge in [0, 0.05) is 11.1 Å². The van der Waals surface area contributed by atoms with Gasteiger partial charge < -0.3 is 11.1 Å². The van der Waals surface area contributed by atoms with Crippen molar-refractivity contribution < 1.29 is 0 Å². The summed E-state index contributed by atoms with van der Waals surface area (Å²) in [5, 5.41) is 6.16. The van der Waals surface area contributed by atoms with E-state index in [-0.39, 0.29) is 6.04 Å². The summed E-state index contributed by atoms with van der Waals surface area (Å²) >= 11 is 1.65. The van der Waals surface area contributed by atoms with E-state index in [0.717, 1.165) is 10.7 Å². The molecule has 2 rings (SSSR count). The fraction of sp³-hybridized carbons (Fsp3) is 0.429. The van der Waals surface area contributed by atoms with Gasteiger partial charge in [0.25, 0.3) is 0 Å². The van der Waals surface area contributed by atoms with E-state index in [2.05, 4.69) is 15.3 Å². The quantitative estimate of drug-likeness (QED) is 0.661. The molecule has 64 valence electrons. The maximum Gasteiger partial charge on any atom is 0.189 e. The summed E-state index contributed by atoms with van der Waals surface area (Å²) in [6.07, 6.45) is 0. The molecule has 5 heteroatoms. The van der Waals surface area contributed by atoms with Crippen molar-refractivity contribution in [2.75, 3.05) is 6.54 Å². The van der Waals surface area contributed by atoms with Crippen molar-refractivity contribution in [3.8, 4) is 0 Å². The second-order valence-electron chi connectivity index (χ2n) is 2.75. The lowest BCUT2D eigenvalue weighted by molar-refractivity contribution is 0.699. The van der Waals surface area contributed by atoms with Crippen LogP contribution in [0.3, 0.4) is 0 Å². The molecule has 0 radical (unpaired) electrons. The van der Waals surface area contributed by atoms with Gasteiger partial charge in [0.05, 0.1) is 6.54 Å². The van der Waals surface area contributed by atoms with E-state index >= 15 is 0 Å². The predicted octanol–water partition coefficient (Wildman–Crippen LogP) is 0.411. The van der Waals surface area contributed by atoms with Crippen LogP contribution in [-0.4, -0.2) is 17.5 Å². The Morgan fingerprint density at radius 1 is 1.75 bits per heavy atom. The molecule has 2 heterocycles. The van der Waals surface area contributed by atoms with Crippen molar-refractivity contribution in [1.82, 2.24) is 10.3 Å². The molecular weight excluding hydrogens is 172 g/mol.